The van der Waals surface area contributed by atoms with E-state index >= 15 is 0 Å². The molecule has 0 aromatic carbocycles. The van der Waals surface area contributed by atoms with Crippen LogP contribution in [0, 0.1) is 6.92 Å². The van der Waals surface area contributed by atoms with Crippen molar-refractivity contribution in [1.29, 1.82) is 0 Å². The van der Waals surface area contributed by atoms with Gasteiger partial charge in [0.25, 0.3) is 0 Å². The summed E-state index contributed by atoms with van der Waals surface area (Å²) < 4.78 is 11.1. The fourth-order valence-electron chi connectivity index (χ4n) is 2.72. The highest BCUT2D eigenvalue weighted by Crippen LogP contribution is 2.26. The number of nitrogens with one attached hydrogen (secondary N) is 1. The first-order chi connectivity index (χ1) is 11.9. The van der Waals surface area contributed by atoms with Crippen LogP contribution in [0.25, 0.3) is 0 Å². The minimum atomic E-state index is -0.169. The summed E-state index contributed by atoms with van der Waals surface area (Å²) in [5, 5.41) is 7.10. The van der Waals surface area contributed by atoms with Crippen LogP contribution in [-0.2, 0) is 21.5 Å². The third-order valence-corrected chi connectivity index (χ3v) is 4.02. The number of H-pyrrole nitrogens is 1. The fraction of sp³-hybridized carbons (Fsp3) is 0.647. The first kappa shape index (κ1) is 17.8. The van der Waals surface area contributed by atoms with Gasteiger partial charge in [0.2, 0.25) is 0 Å². The molecule has 1 aliphatic rings. The van der Waals surface area contributed by atoms with E-state index in [9.17, 15) is 0 Å². The lowest BCUT2D eigenvalue weighted by Crippen LogP contribution is -2.39. The predicted molar refractivity (Wildman–Crippen MR) is 93.5 cm³/mol. The fourth-order valence-corrected chi connectivity index (χ4v) is 2.72. The van der Waals surface area contributed by atoms with E-state index in [1.165, 1.54) is 0 Å². The number of nitrogens with zero attached hydrogens (tertiary/aromatic N) is 5. The van der Waals surface area contributed by atoms with Crippen molar-refractivity contribution in [3.8, 4) is 0 Å². The van der Waals surface area contributed by atoms with Crippen LogP contribution < -0.4 is 4.90 Å². The molecule has 3 heterocycles. The summed E-state index contributed by atoms with van der Waals surface area (Å²) in [6.45, 7) is 10.7. The van der Waals surface area contributed by atoms with Crippen LogP contribution in [0.1, 0.15) is 50.0 Å². The maximum absolute atomic E-state index is 5.85. The number of morpholine rings is 1. The number of hydrogen-bond donors (Lipinski definition) is 1. The Morgan fingerprint density at radius 2 is 2.12 bits per heavy atom. The third kappa shape index (κ3) is 4.13. The van der Waals surface area contributed by atoms with E-state index in [1.807, 2.05) is 13.0 Å². The van der Waals surface area contributed by atoms with Crippen molar-refractivity contribution in [3.63, 3.8) is 0 Å². The number of aryl methyl sites for hydroxylation is 1. The molecule has 0 radical (unpaired) electrons. The zero-order chi connectivity index (χ0) is 18.0. The highest BCUT2D eigenvalue weighted by molar-refractivity contribution is 5.41. The molecule has 0 aliphatic carbocycles. The van der Waals surface area contributed by atoms with Gasteiger partial charge in [0.05, 0.1) is 25.5 Å². The van der Waals surface area contributed by atoms with Crippen LogP contribution in [0.3, 0.4) is 0 Å². The zero-order valence-electron chi connectivity index (χ0n) is 15.5. The van der Waals surface area contributed by atoms with E-state index in [2.05, 4.69) is 45.8 Å². The molecule has 1 aliphatic heterocycles. The van der Waals surface area contributed by atoms with Crippen LogP contribution in [0.15, 0.2) is 6.07 Å². The number of aromatic amines is 1. The van der Waals surface area contributed by atoms with Gasteiger partial charge in [-0.2, -0.15) is 5.10 Å². The first-order valence-electron chi connectivity index (χ1n) is 8.49. The molecule has 1 saturated heterocycles. The van der Waals surface area contributed by atoms with Crippen LogP contribution >= 0.6 is 0 Å². The van der Waals surface area contributed by atoms with E-state index in [4.69, 9.17) is 14.5 Å². The standard InChI is InChI=1S/C17H26N6O2/c1-11-18-15(22-21-11)13-9-23(6-7-25-13)14-8-12(10-24-5)19-16(20-14)17(2,3)4/h8,13H,6-7,9-10H2,1-5H3,(H,18,21,22). The summed E-state index contributed by atoms with van der Waals surface area (Å²) in [5.41, 5.74) is 0.750. The first-order valence-corrected chi connectivity index (χ1v) is 8.49. The van der Waals surface area contributed by atoms with Crippen molar-refractivity contribution in [1.82, 2.24) is 25.1 Å². The van der Waals surface area contributed by atoms with E-state index in [0.717, 1.165) is 29.7 Å². The molecule has 136 valence electrons. The van der Waals surface area contributed by atoms with Crippen molar-refractivity contribution < 1.29 is 9.47 Å². The molecule has 0 spiro atoms. The maximum atomic E-state index is 5.85. The van der Waals surface area contributed by atoms with Crippen LogP contribution in [0.2, 0.25) is 0 Å². The Balaban J connectivity index is 1.87. The Bertz CT molecular complexity index is 724. The van der Waals surface area contributed by atoms with Gasteiger partial charge in [-0.15, -0.1) is 0 Å². The van der Waals surface area contributed by atoms with Gasteiger partial charge in [-0.1, -0.05) is 20.8 Å². The van der Waals surface area contributed by atoms with Crippen molar-refractivity contribution >= 4 is 5.82 Å². The van der Waals surface area contributed by atoms with Gasteiger partial charge in [0, 0.05) is 25.1 Å². The van der Waals surface area contributed by atoms with Gasteiger partial charge >= 0.3 is 0 Å². The summed E-state index contributed by atoms with van der Waals surface area (Å²) in [6, 6.07) is 1.99. The van der Waals surface area contributed by atoms with E-state index in [-0.39, 0.29) is 11.5 Å². The largest absolute Gasteiger partial charge is 0.378 e. The van der Waals surface area contributed by atoms with Gasteiger partial charge in [0.1, 0.15) is 23.6 Å². The minimum Gasteiger partial charge on any atom is -0.378 e. The zero-order valence-corrected chi connectivity index (χ0v) is 15.5. The smallest absolute Gasteiger partial charge is 0.181 e. The predicted octanol–water partition coefficient (Wildman–Crippen LogP) is 1.92. The average molecular weight is 346 g/mol. The molecule has 2 aromatic heterocycles. The molecule has 3 rings (SSSR count). The lowest BCUT2D eigenvalue weighted by molar-refractivity contribution is 0.0339. The van der Waals surface area contributed by atoms with Gasteiger partial charge < -0.3 is 14.4 Å². The normalized spacial score (nSPS) is 18.6. The Morgan fingerprint density at radius 3 is 2.76 bits per heavy atom. The monoisotopic (exact) mass is 346 g/mol. The highest BCUT2D eigenvalue weighted by atomic mass is 16.5. The molecule has 1 N–H and O–H groups in total. The van der Waals surface area contributed by atoms with Crippen molar-refractivity contribution in [3.05, 3.63) is 29.2 Å². The molecule has 8 nitrogen and oxygen atoms in total. The molecule has 25 heavy (non-hydrogen) atoms. The van der Waals surface area contributed by atoms with Crippen molar-refractivity contribution in [2.75, 3.05) is 31.7 Å². The number of anilines is 1. The summed E-state index contributed by atoms with van der Waals surface area (Å²) >= 11 is 0. The number of methoxy groups -OCH3 is 1. The molecular formula is C17H26N6O2. The Hall–Kier alpha value is -2.06. The van der Waals surface area contributed by atoms with Crippen LogP contribution in [0.5, 0.6) is 0 Å². The Kier molecular flexibility index (Phi) is 5.01. The van der Waals surface area contributed by atoms with Gasteiger partial charge in [-0.3, -0.25) is 5.10 Å². The SMILES string of the molecule is COCc1cc(N2CCOC(c3n[nH]c(C)n3)C2)nc(C(C)(C)C)n1. The highest BCUT2D eigenvalue weighted by Gasteiger charge is 2.27. The second kappa shape index (κ2) is 7.05. The quantitative estimate of drug-likeness (QED) is 0.904. The topological polar surface area (TPSA) is 89.0 Å². The molecule has 0 amide bonds. The van der Waals surface area contributed by atoms with E-state index < -0.39 is 0 Å². The van der Waals surface area contributed by atoms with Crippen molar-refractivity contribution in [2.45, 2.75) is 45.8 Å². The third-order valence-electron chi connectivity index (χ3n) is 4.02. The van der Waals surface area contributed by atoms with Crippen LogP contribution in [-0.4, -0.2) is 52.0 Å². The second-order valence-electron chi connectivity index (χ2n) is 7.31. The summed E-state index contributed by atoms with van der Waals surface area (Å²) in [7, 11) is 1.68. The molecule has 1 fully saturated rings. The Morgan fingerprint density at radius 1 is 1.32 bits per heavy atom. The number of ether oxygens (including phenoxy) is 2. The molecule has 0 bridgehead atoms. The summed E-state index contributed by atoms with van der Waals surface area (Å²) in [6.07, 6.45) is -0.169. The number of rotatable bonds is 4. The van der Waals surface area contributed by atoms with Gasteiger partial charge in [0.15, 0.2) is 5.82 Å². The maximum Gasteiger partial charge on any atom is 0.181 e. The summed E-state index contributed by atoms with van der Waals surface area (Å²) in [5.74, 6) is 3.18. The molecule has 1 atom stereocenters. The summed E-state index contributed by atoms with van der Waals surface area (Å²) in [4.78, 5) is 16.0. The van der Waals surface area contributed by atoms with E-state index in [0.29, 0.717) is 25.6 Å². The lowest BCUT2D eigenvalue weighted by atomic mass is 9.95. The molecule has 2 aromatic rings. The Labute approximate surface area is 148 Å². The van der Waals surface area contributed by atoms with Gasteiger partial charge in [-0.25, -0.2) is 15.0 Å². The minimum absolute atomic E-state index is 0.134. The number of hydrogen-bond acceptors (Lipinski definition) is 7. The molecule has 8 heteroatoms. The van der Waals surface area contributed by atoms with Gasteiger partial charge in [-0.05, 0) is 6.92 Å². The van der Waals surface area contributed by atoms with Crippen molar-refractivity contribution in [2.24, 2.45) is 0 Å². The van der Waals surface area contributed by atoms with Crippen LogP contribution in [0.4, 0.5) is 5.82 Å². The average Bonchev–Trinajstić information content (AvgIpc) is 3.01. The molecule has 0 saturated carbocycles. The number of aromatic nitrogens is 5. The molecule has 1 unspecified atom stereocenters. The molecular weight excluding hydrogens is 320 g/mol. The van der Waals surface area contributed by atoms with E-state index in [1.54, 1.807) is 7.11 Å². The second-order valence-corrected chi connectivity index (χ2v) is 7.31. The lowest BCUT2D eigenvalue weighted by Gasteiger charge is -2.33.